The van der Waals surface area contributed by atoms with Gasteiger partial charge < -0.3 is 5.32 Å². The maximum atomic E-state index is 4.45. The Morgan fingerprint density at radius 2 is 2.06 bits per heavy atom. The number of nitrogens with zero attached hydrogens (tertiary/aromatic N) is 2. The Labute approximate surface area is 109 Å². The van der Waals surface area contributed by atoms with Crippen LogP contribution in [0.2, 0.25) is 0 Å². The second kappa shape index (κ2) is 5.36. The topological polar surface area (TPSA) is 29.9 Å². The molecule has 3 nitrogen and oxygen atoms in total. The number of rotatable bonds is 4. The zero-order valence-electron chi connectivity index (χ0n) is 11.6. The van der Waals surface area contributed by atoms with Crippen molar-refractivity contribution in [2.75, 3.05) is 7.05 Å². The fourth-order valence-corrected chi connectivity index (χ4v) is 2.37. The molecule has 1 heterocycles. The molecule has 0 aliphatic rings. The van der Waals surface area contributed by atoms with Crippen molar-refractivity contribution in [1.82, 2.24) is 15.1 Å². The zero-order chi connectivity index (χ0) is 13.1. The minimum Gasteiger partial charge on any atom is -0.313 e. The Hall–Kier alpha value is -1.61. The van der Waals surface area contributed by atoms with Crippen LogP contribution in [-0.2, 0) is 13.5 Å². The molecule has 1 aromatic heterocycles. The van der Waals surface area contributed by atoms with Gasteiger partial charge in [0, 0.05) is 25.7 Å². The van der Waals surface area contributed by atoms with Gasteiger partial charge in [-0.25, -0.2) is 0 Å². The Morgan fingerprint density at radius 1 is 1.28 bits per heavy atom. The number of aromatic nitrogens is 2. The van der Waals surface area contributed by atoms with E-state index in [1.807, 2.05) is 25.0 Å². The maximum absolute atomic E-state index is 4.45. The molecule has 2 aromatic rings. The smallest absolute Gasteiger partial charge is 0.0643 e. The summed E-state index contributed by atoms with van der Waals surface area (Å²) in [5.41, 5.74) is 5.12. The van der Waals surface area contributed by atoms with Gasteiger partial charge in [0.1, 0.15) is 0 Å². The first-order chi connectivity index (χ1) is 8.60. The number of aryl methyl sites for hydroxylation is 3. The number of hydrogen-bond donors (Lipinski definition) is 1. The van der Waals surface area contributed by atoms with Crippen LogP contribution in [0.25, 0.3) is 0 Å². The van der Waals surface area contributed by atoms with Crippen molar-refractivity contribution in [3.8, 4) is 0 Å². The van der Waals surface area contributed by atoms with E-state index >= 15 is 0 Å². The number of benzene rings is 1. The van der Waals surface area contributed by atoms with Crippen LogP contribution in [0.3, 0.4) is 0 Å². The van der Waals surface area contributed by atoms with Crippen LogP contribution in [0.5, 0.6) is 0 Å². The molecular formula is C15H21N3. The summed E-state index contributed by atoms with van der Waals surface area (Å²) < 4.78 is 1.85. The van der Waals surface area contributed by atoms with E-state index in [4.69, 9.17) is 0 Å². The quantitative estimate of drug-likeness (QED) is 0.894. The van der Waals surface area contributed by atoms with Crippen molar-refractivity contribution >= 4 is 0 Å². The van der Waals surface area contributed by atoms with Gasteiger partial charge >= 0.3 is 0 Å². The lowest BCUT2D eigenvalue weighted by molar-refractivity contribution is 0.574. The average molecular weight is 243 g/mol. The molecule has 96 valence electrons. The number of nitrogens with one attached hydrogen (secondary N) is 1. The second-order valence-electron chi connectivity index (χ2n) is 4.89. The Bertz CT molecular complexity index is 528. The van der Waals surface area contributed by atoms with E-state index in [1.54, 1.807) is 0 Å². The molecule has 0 spiro atoms. The molecule has 0 aliphatic carbocycles. The SMILES string of the molecule is CNC(Cc1ccn(C)n1)c1ccc(C)cc1C. The normalized spacial score (nSPS) is 12.7. The van der Waals surface area contributed by atoms with E-state index < -0.39 is 0 Å². The Balaban J connectivity index is 2.22. The van der Waals surface area contributed by atoms with Crippen LogP contribution in [0.4, 0.5) is 0 Å². The van der Waals surface area contributed by atoms with Gasteiger partial charge in [-0.05, 0) is 38.1 Å². The average Bonchev–Trinajstić information content (AvgIpc) is 2.72. The predicted molar refractivity (Wildman–Crippen MR) is 74.6 cm³/mol. The summed E-state index contributed by atoms with van der Waals surface area (Å²) in [6.45, 7) is 4.30. The summed E-state index contributed by atoms with van der Waals surface area (Å²) in [4.78, 5) is 0. The Kier molecular flexibility index (Phi) is 3.82. The second-order valence-corrected chi connectivity index (χ2v) is 4.89. The molecule has 3 heteroatoms. The van der Waals surface area contributed by atoms with Gasteiger partial charge in [0.15, 0.2) is 0 Å². The first-order valence-corrected chi connectivity index (χ1v) is 6.33. The minimum atomic E-state index is 0.320. The molecule has 1 aromatic carbocycles. The van der Waals surface area contributed by atoms with Crippen molar-refractivity contribution in [2.45, 2.75) is 26.3 Å². The van der Waals surface area contributed by atoms with Gasteiger partial charge in [-0.3, -0.25) is 4.68 Å². The van der Waals surface area contributed by atoms with Gasteiger partial charge in [-0.2, -0.15) is 5.10 Å². The third-order valence-electron chi connectivity index (χ3n) is 3.33. The molecule has 0 radical (unpaired) electrons. The summed E-state index contributed by atoms with van der Waals surface area (Å²) in [5.74, 6) is 0. The molecule has 1 atom stereocenters. The van der Waals surface area contributed by atoms with Crippen molar-refractivity contribution < 1.29 is 0 Å². The largest absolute Gasteiger partial charge is 0.313 e. The highest BCUT2D eigenvalue weighted by molar-refractivity contribution is 5.33. The van der Waals surface area contributed by atoms with Crippen LogP contribution in [0.15, 0.2) is 30.5 Å². The molecule has 0 saturated heterocycles. The van der Waals surface area contributed by atoms with Gasteiger partial charge in [-0.15, -0.1) is 0 Å². The highest BCUT2D eigenvalue weighted by Crippen LogP contribution is 2.21. The fraction of sp³-hybridized carbons (Fsp3) is 0.400. The molecule has 1 unspecified atom stereocenters. The first kappa shape index (κ1) is 12.8. The molecule has 18 heavy (non-hydrogen) atoms. The summed E-state index contributed by atoms with van der Waals surface area (Å²) in [6.07, 6.45) is 2.91. The zero-order valence-corrected chi connectivity index (χ0v) is 11.6. The van der Waals surface area contributed by atoms with E-state index in [2.05, 4.69) is 48.5 Å². The van der Waals surface area contributed by atoms with E-state index in [9.17, 15) is 0 Å². The summed E-state index contributed by atoms with van der Waals surface area (Å²) >= 11 is 0. The van der Waals surface area contributed by atoms with E-state index in [-0.39, 0.29) is 0 Å². The van der Waals surface area contributed by atoms with Crippen LogP contribution in [-0.4, -0.2) is 16.8 Å². The molecule has 0 fully saturated rings. The lowest BCUT2D eigenvalue weighted by atomic mass is 9.96. The molecule has 1 N–H and O–H groups in total. The van der Waals surface area contributed by atoms with Crippen molar-refractivity contribution in [2.24, 2.45) is 7.05 Å². The van der Waals surface area contributed by atoms with Crippen LogP contribution < -0.4 is 5.32 Å². The molecule has 0 amide bonds. The minimum absolute atomic E-state index is 0.320. The third kappa shape index (κ3) is 2.79. The van der Waals surface area contributed by atoms with Crippen LogP contribution in [0, 0.1) is 13.8 Å². The van der Waals surface area contributed by atoms with Gasteiger partial charge in [0.05, 0.1) is 5.69 Å². The first-order valence-electron chi connectivity index (χ1n) is 6.33. The van der Waals surface area contributed by atoms with Crippen molar-refractivity contribution in [3.63, 3.8) is 0 Å². The summed E-state index contributed by atoms with van der Waals surface area (Å²) in [7, 11) is 3.96. The number of likely N-dealkylation sites (N-methyl/N-ethyl adjacent to an activating group) is 1. The standard InChI is InChI=1S/C15H21N3/c1-11-5-6-14(12(2)9-11)15(16-3)10-13-7-8-18(4)17-13/h5-9,15-16H,10H2,1-4H3. The Morgan fingerprint density at radius 3 is 2.61 bits per heavy atom. The van der Waals surface area contributed by atoms with Crippen molar-refractivity contribution in [3.05, 3.63) is 52.8 Å². The van der Waals surface area contributed by atoms with Crippen LogP contribution >= 0.6 is 0 Å². The van der Waals surface area contributed by atoms with Crippen molar-refractivity contribution in [1.29, 1.82) is 0 Å². The molecule has 0 aliphatic heterocycles. The summed E-state index contributed by atoms with van der Waals surface area (Å²) in [6, 6.07) is 9.02. The fourth-order valence-electron chi connectivity index (χ4n) is 2.37. The maximum Gasteiger partial charge on any atom is 0.0643 e. The van der Waals surface area contributed by atoms with Gasteiger partial charge in [0.25, 0.3) is 0 Å². The van der Waals surface area contributed by atoms with Gasteiger partial charge in [-0.1, -0.05) is 23.8 Å². The molecule has 0 bridgehead atoms. The highest BCUT2D eigenvalue weighted by atomic mass is 15.2. The molecule has 2 rings (SSSR count). The van der Waals surface area contributed by atoms with E-state index in [1.165, 1.54) is 16.7 Å². The van der Waals surface area contributed by atoms with Gasteiger partial charge in [0.2, 0.25) is 0 Å². The molecular weight excluding hydrogens is 222 g/mol. The third-order valence-corrected chi connectivity index (χ3v) is 3.33. The van der Waals surface area contributed by atoms with Crippen LogP contribution in [0.1, 0.15) is 28.4 Å². The predicted octanol–water partition coefficient (Wildman–Crippen LogP) is 2.54. The lowest BCUT2D eigenvalue weighted by Gasteiger charge is -2.18. The monoisotopic (exact) mass is 243 g/mol. The van der Waals surface area contributed by atoms with E-state index in [0.29, 0.717) is 6.04 Å². The summed E-state index contributed by atoms with van der Waals surface area (Å²) in [5, 5.41) is 7.83. The number of hydrogen-bond acceptors (Lipinski definition) is 2. The lowest BCUT2D eigenvalue weighted by Crippen LogP contribution is -2.20. The highest BCUT2D eigenvalue weighted by Gasteiger charge is 2.13. The molecule has 0 saturated carbocycles. The van der Waals surface area contributed by atoms with E-state index in [0.717, 1.165) is 12.1 Å².